The number of hydrogen-bond acceptors (Lipinski definition) is 1. The van der Waals surface area contributed by atoms with Crippen molar-refractivity contribution < 1.29 is 6.89 Å². The van der Waals surface area contributed by atoms with Crippen LogP contribution in [0, 0.1) is 0 Å². The van der Waals surface area contributed by atoms with Crippen molar-refractivity contribution in [2.45, 2.75) is 107 Å². The molecule has 0 fully saturated rings. The summed E-state index contributed by atoms with van der Waals surface area (Å²) in [5.74, 6) is 0. The van der Waals surface area contributed by atoms with E-state index in [0.29, 0.717) is 0 Å². The minimum absolute atomic E-state index is 0. The average molecular weight is 884 g/mol. The van der Waals surface area contributed by atoms with Crippen LogP contribution in [-0.2, 0) is 52.8 Å². The minimum Gasteiger partial charge on any atom is -0.412 e. The zero-order valence-corrected chi connectivity index (χ0v) is 36.2. The van der Waals surface area contributed by atoms with Crippen molar-refractivity contribution >= 4 is 63.8 Å². The largest absolute Gasteiger partial charge is 0.412 e. The fraction of sp³-hybridized carbons (Fsp3) is 0.400. The van der Waals surface area contributed by atoms with Crippen molar-refractivity contribution in [3.05, 3.63) is 117 Å². The molecule has 4 aromatic rings. The molecule has 1 radical (unpaired) electrons. The van der Waals surface area contributed by atoms with Crippen molar-refractivity contribution in [2.24, 2.45) is 0 Å². The molecular weight excluding hydrogens is 830 g/mol. The average Bonchev–Trinajstić information content (AvgIpc) is 3.08. The van der Waals surface area contributed by atoms with E-state index in [1.165, 1.54) is 58.8 Å². The molecule has 45 heavy (non-hydrogen) atoms. The molecular formula is C40H54BrO2Sn2. The van der Waals surface area contributed by atoms with Gasteiger partial charge >= 0.3 is 289 Å². The second-order valence-corrected chi connectivity index (χ2v) is 35.9. The van der Waals surface area contributed by atoms with Gasteiger partial charge in [-0.3, -0.25) is 0 Å². The van der Waals surface area contributed by atoms with Crippen LogP contribution in [0.3, 0.4) is 0 Å². The second-order valence-electron chi connectivity index (χ2n) is 12.0. The van der Waals surface area contributed by atoms with Crippen LogP contribution in [0.5, 0.6) is 0 Å². The molecule has 0 aromatic heterocycles. The van der Waals surface area contributed by atoms with Crippen molar-refractivity contribution in [3.8, 4) is 0 Å². The maximum atomic E-state index is 8.10. The Bertz CT molecular complexity index is 1360. The maximum Gasteiger partial charge on any atom is -0.412 e. The summed E-state index contributed by atoms with van der Waals surface area (Å²) in [4.78, 5) is 0. The smallest absolute Gasteiger partial charge is 0.412 e. The topological polar surface area (TPSA) is 40.7 Å². The molecule has 0 saturated carbocycles. The molecule has 0 aliphatic carbocycles. The van der Waals surface area contributed by atoms with E-state index >= 15 is 0 Å². The molecule has 4 aromatic carbocycles. The molecule has 5 heteroatoms. The molecule has 0 aliphatic heterocycles. The van der Waals surface area contributed by atoms with Gasteiger partial charge in [0, 0.05) is 0 Å². The molecule has 0 saturated heterocycles. The maximum absolute atomic E-state index is 8.10. The Morgan fingerprint density at radius 2 is 0.644 bits per heavy atom. The summed E-state index contributed by atoms with van der Waals surface area (Å²) < 4.78 is 13.9. The van der Waals surface area contributed by atoms with Crippen LogP contribution in [0.1, 0.15) is 99.9 Å². The molecule has 0 spiro atoms. The zero-order chi connectivity index (χ0) is 31.9. The van der Waals surface area contributed by atoms with Crippen LogP contribution >= 0.6 is 12.7 Å². The van der Waals surface area contributed by atoms with E-state index in [9.17, 15) is 0 Å². The van der Waals surface area contributed by atoms with Gasteiger partial charge in [-0.25, -0.2) is 0 Å². The number of aryl methyl sites for hydroxylation is 8. The Labute approximate surface area is 292 Å². The first-order valence-corrected chi connectivity index (χ1v) is 31.4. The summed E-state index contributed by atoms with van der Waals surface area (Å²) in [6.45, 7) is 18.3. The summed E-state index contributed by atoms with van der Waals surface area (Å²) in [7, 11) is 0. The number of halogens is 1. The van der Waals surface area contributed by atoms with Gasteiger partial charge in [0.25, 0.3) is 0 Å². The fourth-order valence-electron chi connectivity index (χ4n) is 6.03. The summed E-state index contributed by atoms with van der Waals surface area (Å²) in [5, 5.41) is 0. The Morgan fingerprint density at radius 3 is 0.867 bits per heavy atom. The third-order valence-electron chi connectivity index (χ3n) is 8.99. The SMILES string of the molecule is CCc1cc(CC)c[c]([Sn]([O][Sn]([Br])([c]2cc(CC)cc(CC)c2)[c]2cc(CC)cc(CC)c2)[c]2cc(CC)cc(CC)c2)c1.O. The fourth-order valence-corrected chi connectivity index (χ4v) is 42.7. The zero-order valence-electron chi connectivity index (χ0n) is 28.9. The van der Waals surface area contributed by atoms with Crippen molar-refractivity contribution in [3.63, 3.8) is 0 Å². The minimum atomic E-state index is -3.89. The molecule has 0 heterocycles. The van der Waals surface area contributed by atoms with Crippen molar-refractivity contribution in [1.82, 2.24) is 0 Å². The van der Waals surface area contributed by atoms with Gasteiger partial charge in [-0.2, -0.15) is 0 Å². The van der Waals surface area contributed by atoms with Gasteiger partial charge in [0.1, 0.15) is 0 Å². The monoisotopic (exact) mass is 885 g/mol. The summed E-state index contributed by atoms with van der Waals surface area (Å²) in [5.41, 5.74) is 11.4. The predicted octanol–water partition coefficient (Wildman–Crippen LogP) is 7.13. The van der Waals surface area contributed by atoms with Gasteiger partial charge in [0.2, 0.25) is 0 Å². The van der Waals surface area contributed by atoms with Gasteiger partial charge in [-0.05, 0) is 0 Å². The normalized spacial score (nSPS) is 11.6. The van der Waals surface area contributed by atoms with E-state index in [0.717, 1.165) is 51.4 Å². The summed E-state index contributed by atoms with van der Waals surface area (Å²) in [6, 6.07) is 29.5. The van der Waals surface area contributed by atoms with E-state index in [1.54, 1.807) is 0 Å². The van der Waals surface area contributed by atoms with Crippen LogP contribution in [0.25, 0.3) is 0 Å². The number of hydrogen-bond donors (Lipinski definition) is 0. The van der Waals surface area contributed by atoms with E-state index in [-0.39, 0.29) is 5.48 Å². The third-order valence-corrected chi connectivity index (χ3v) is 43.6. The first-order valence-electron chi connectivity index (χ1n) is 17.0. The second kappa shape index (κ2) is 17.9. The van der Waals surface area contributed by atoms with E-state index in [2.05, 4.69) is 141 Å². The van der Waals surface area contributed by atoms with Gasteiger partial charge in [0.15, 0.2) is 0 Å². The first-order chi connectivity index (χ1) is 21.2. The van der Waals surface area contributed by atoms with Gasteiger partial charge in [-0.15, -0.1) is 0 Å². The van der Waals surface area contributed by atoms with Gasteiger partial charge < -0.3 is 5.48 Å². The summed E-state index contributed by atoms with van der Waals surface area (Å²) >= 11 is -2.22. The van der Waals surface area contributed by atoms with Crippen molar-refractivity contribution in [2.75, 3.05) is 0 Å². The standard InChI is InChI=1S/4C10H13.BrH.H2O.O.2Sn/c4*1-3-9-6-5-7-10(4-2)8-9;;;;;/h4*6-8H,3-4H2,1-2H3;1H;1H2;;;/q;;;;;;;;+1/p-1. The number of rotatable bonds is 14. The third kappa shape index (κ3) is 9.28. The van der Waals surface area contributed by atoms with E-state index < -0.39 is 36.7 Å². The predicted molar refractivity (Wildman–Crippen MR) is 204 cm³/mol. The Kier molecular flexibility index (Phi) is 15.2. The first kappa shape index (κ1) is 38.3. The van der Waals surface area contributed by atoms with Crippen LogP contribution < -0.4 is 14.3 Å². The van der Waals surface area contributed by atoms with Gasteiger partial charge in [-0.1, -0.05) is 0 Å². The van der Waals surface area contributed by atoms with E-state index in [4.69, 9.17) is 1.41 Å². The Hall–Kier alpha value is -1.12. The molecule has 0 aliphatic rings. The molecule has 0 atom stereocenters. The molecule has 0 unspecified atom stereocenters. The van der Waals surface area contributed by atoms with Crippen LogP contribution in [-0.4, -0.2) is 42.2 Å². The van der Waals surface area contributed by atoms with Crippen LogP contribution in [0.4, 0.5) is 0 Å². The quantitative estimate of drug-likeness (QED) is 0.124. The Balaban J connectivity index is 0.00000552. The van der Waals surface area contributed by atoms with Crippen molar-refractivity contribution in [1.29, 1.82) is 0 Å². The molecule has 241 valence electrons. The number of benzene rings is 4. The van der Waals surface area contributed by atoms with Gasteiger partial charge in [0.05, 0.1) is 0 Å². The summed E-state index contributed by atoms with van der Waals surface area (Å²) in [6.07, 6.45) is 8.33. The molecule has 2 N–H and O–H groups in total. The van der Waals surface area contributed by atoms with E-state index in [1.807, 2.05) is 0 Å². The molecule has 0 bridgehead atoms. The Morgan fingerprint density at radius 1 is 0.422 bits per heavy atom. The van der Waals surface area contributed by atoms with Crippen LogP contribution in [0.2, 0.25) is 0 Å². The van der Waals surface area contributed by atoms with Crippen LogP contribution in [0.15, 0.2) is 72.8 Å². The molecule has 4 rings (SSSR count). The molecule has 2 nitrogen and oxygen atoms in total. The molecule has 0 amide bonds.